The van der Waals surface area contributed by atoms with E-state index in [0.717, 1.165) is 0 Å². The van der Waals surface area contributed by atoms with Crippen LogP contribution < -0.4 is 4.74 Å². The van der Waals surface area contributed by atoms with Gasteiger partial charge in [0.2, 0.25) is 5.82 Å². The van der Waals surface area contributed by atoms with Crippen molar-refractivity contribution in [3.8, 4) is 5.75 Å². The van der Waals surface area contributed by atoms with Crippen LogP contribution >= 0.6 is 0 Å². The van der Waals surface area contributed by atoms with Crippen LogP contribution in [0.2, 0.25) is 0 Å². The molecule has 0 saturated carbocycles. The first-order chi connectivity index (χ1) is 8.56. The molecule has 0 spiro atoms. The summed E-state index contributed by atoms with van der Waals surface area (Å²) in [7, 11) is 1.64. The summed E-state index contributed by atoms with van der Waals surface area (Å²) in [6, 6.07) is 3.98. The monoisotopic (exact) mass is 252 g/mol. The zero-order valence-corrected chi connectivity index (χ0v) is 10.0. The van der Waals surface area contributed by atoms with Crippen molar-refractivity contribution < 1.29 is 14.2 Å². The fraction of sp³-hybridized carbons (Fsp3) is 0.364. The van der Waals surface area contributed by atoms with Crippen LogP contribution in [0.25, 0.3) is 0 Å². The molecule has 6 nitrogen and oxygen atoms in total. The number of aryl methyl sites for hydroxylation is 1. The van der Waals surface area contributed by atoms with Gasteiger partial charge < -0.3 is 9.84 Å². The van der Waals surface area contributed by atoms with Crippen LogP contribution in [0.3, 0.4) is 0 Å². The fourth-order valence-corrected chi connectivity index (χ4v) is 1.50. The predicted molar refractivity (Wildman–Crippen MR) is 60.2 cm³/mol. The van der Waals surface area contributed by atoms with Gasteiger partial charge in [0.15, 0.2) is 6.61 Å². The lowest BCUT2D eigenvalue weighted by atomic mass is 10.1. The van der Waals surface area contributed by atoms with Gasteiger partial charge in [-0.15, -0.1) is 10.2 Å². The van der Waals surface area contributed by atoms with Crippen LogP contribution in [0.4, 0.5) is 4.39 Å². The molecule has 96 valence electrons. The number of hydrogen-bond donors (Lipinski definition) is 1. The van der Waals surface area contributed by atoms with E-state index in [9.17, 15) is 9.50 Å². The normalized spacial score (nSPS) is 12.4. The van der Waals surface area contributed by atoms with Crippen LogP contribution in [0.5, 0.6) is 5.75 Å². The molecule has 1 heterocycles. The standard InChI is InChI=1S/C11H13FN4O2/c1-7(17)9-4-3-8(12)5-10(9)18-6-11-13-15-16(2)14-11/h3-5,7,17H,6H2,1-2H3/t7-/m1/s1. The molecule has 7 heteroatoms. The third-order valence-electron chi connectivity index (χ3n) is 2.33. The smallest absolute Gasteiger partial charge is 0.212 e. The number of nitrogens with zero attached hydrogens (tertiary/aromatic N) is 4. The molecule has 1 aromatic carbocycles. The first-order valence-electron chi connectivity index (χ1n) is 5.39. The summed E-state index contributed by atoms with van der Waals surface area (Å²) in [5.41, 5.74) is 0.514. The molecule has 18 heavy (non-hydrogen) atoms. The van der Waals surface area contributed by atoms with Gasteiger partial charge in [0, 0.05) is 11.6 Å². The van der Waals surface area contributed by atoms with Crippen LogP contribution in [0.15, 0.2) is 18.2 Å². The topological polar surface area (TPSA) is 73.1 Å². The van der Waals surface area contributed by atoms with Gasteiger partial charge in [-0.05, 0) is 24.3 Å². The Hall–Kier alpha value is -2.02. The molecule has 2 rings (SSSR count). The van der Waals surface area contributed by atoms with E-state index in [2.05, 4.69) is 15.4 Å². The Balaban J connectivity index is 2.15. The molecule has 1 N–H and O–H groups in total. The number of halogens is 1. The maximum Gasteiger partial charge on any atom is 0.212 e. The highest BCUT2D eigenvalue weighted by atomic mass is 19.1. The molecule has 2 aromatic rings. The van der Waals surface area contributed by atoms with Gasteiger partial charge in [-0.25, -0.2) is 4.39 Å². The van der Waals surface area contributed by atoms with Crippen molar-refractivity contribution in [3.63, 3.8) is 0 Å². The molecular weight excluding hydrogens is 239 g/mol. The summed E-state index contributed by atoms with van der Waals surface area (Å²) in [5.74, 6) is 0.234. The zero-order valence-electron chi connectivity index (χ0n) is 10.0. The number of aliphatic hydroxyl groups is 1. The summed E-state index contributed by atoms with van der Waals surface area (Å²) in [4.78, 5) is 1.31. The Morgan fingerprint density at radius 1 is 1.50 bits per heavy atom. The van der Waals surface area contributed by atoms with E-state index in [1.807, 2.05) is 0 Å². The minimum Gasteiger partial charge on any atom is -0.485 e. The lowest BCUT2D eigenvalue weighted by molar-refractivity contribution is 0.189. The summed E-state index contributed by atoms with van der Waals surface area (Å²) < 4.78 is 18.5. The molecule has 0 saturated heterocycles. The minimum atomic E-state index is -0.740. The SMILES string of the molecule is C[C@@H](O)c1ccc(F)cc1OCc1nnn(C)n1. The molecule has 1 aromatic heterocycles. The lowest BCUT2D eigenvalue weighted by Gasteiger charge is -2.12. The lowest BCUT2D eigenvalue weighted by Crippen LogP contribution is -2.03. The van der Waals surface area contributed by atoms with Gasteiger partial charge in [-0.3, -0.25) is 0 Å². The molecule has 0 fully saturated rings. The van der Waals surface area contributed by atoms with Gasteiger partial charge >= 0.3 is 0 Å². The number of ether oxygens (including phenoxy) is 1. The van der Waals surface area contributed by atoms with E-state index in [0.29, 0.717) is 11.4 Å². The summed E-state index contributed by atoms with van der Waals surface area (Å²) in [6.45, 7) is 1.65. The fourth-order valence-electron chi connectivity index (χ4n) is 1.50. The van der Waals surface area contributed by atoms with E-state index >= 15 is 0 Å². The Morgan fingerprint density at radius 2 is 2.28 bits per heavy atom. The first-order valence-corrected chi connectivity index (χ1v) is 5.39. The van der Waals surface area contributed by atoms with Gasteiger partial charge in [0.1, 0.15) is 11.6 Å². The van der Waals surface area contributed by atoms with Crippen molar-refractivity contribution in [1.29, 1.82) is 0 Å². The molecule has 0 radical (unpaired) electrons. The number of hydrogen-bond acceptors (Lipinski definition) is 5. The maximum atomic E-state index is 13.1. The largest absolute Gasteiger partial charge is 0.485 e. The first kappa shape index (κ1) is 12.4. The molecule has 0 aliphatic carbocycles. The molecule has 0 unspecified atom stereocenters. The Morgan fingerprint density at radius 3 is 2.89 bits per heavy atom. The average Bonchev–Trinajstić information content (AvgIpc) is 2.72. The number of rotatable bonds is 4. The van der Waals surface area contributed by atoms with E-state index in [4.69, 9.17) is 4.74 Å². The molecule has 0 bridgehead atoms. The van der Waals surface area contributed by atoms with Gasteiger partial charge in [-0.1, -0.05) is 0 Å². The summed E-state index contributed by atoms with van der Waals surface area (Å²) in [5, 5.41) is 20.9. The third kappa shape index (κ3) is 2.80. The van der Waals surface area contributed by atoms with Gasteiger partial charge in [0.05, 0.1) is 13.2 Å². The van der Waals surface area contributed by atoms with Crippen molar-refractivity contribution in [2.75, 3.05) is 0 Å². The van der Waals surface area contributed by atoms with Crippen LogP contribution in [0.1, 0.15) is 24.4 Å². The van der Waals surface area contributed by atoms with Crippen LogP contribution in [-0.4, -0.2) is 25.3 Å². The van der Waals surface area contributed by atoms with Crippen molar-refractivity contribution >= 4 is 0 Å². The molecular formula is C11H13FN4O2. The Labute approximate surface area is 103 Å². The Kier molecular flexibility index (Phi) is 3.52. The average molecular weight is 252 g/mol. The van der Waals surface area contributed by atoms with Crippen LogP contribution in [-0.2, 0) is 13.7 Å². The second-order valence-electron chi connectivity index (χ2n) is 3.84. The van der Waals surface area contributed by atoms with Crippen LogP contribution in [0, 0.1) is 5.82 Å². The zero-order chi connectivity index (χ0) is 13.1. The molecule has 0 aliphatic heterocycles. The molecule has 1 atom stereocenters. The van der Waals surface area contributed by atoms with E-state index in [-0.39, 0.29) is 12.4 Å². The van der Waals surface area contributed by atoms with E-state index in [1.54, 1.807) is 14.0 Å². The summed E-state index contributed by atoms with van der Waals surface area (Å²) >= 11 is 0. The van der Waals surface area contributed by atoms with Crippen molar-refractivity contribution in [1.82, 2.24) is 20.2 Å². The third-order valence-corrected chi connectivity index (χ3v) is 2.33. The van der Waals surface area contributed by atoms with E-state index < -0.39 is 11.9 Å². The Bertz CT molecular complexity index is 542. The summed E-state index contributed by atoms with van der Waals surface area (Å²) in [6.07, 6.45) is -0.740. The second-order valence-corrected chi connectivity index (χ2v) is 3.84. The minimum absolute atomic E-state index is 0.0665. The number of benzene rings is 1. The number of aliphatic hydroxyl groups excluding tert-OH is 1. The highest BCUT2D eigenvalue weighted by Gasteiger charge is 2.11. The van der Waals surface area contributed by atoms with Gasteiger partial charge in [0.25, 0.3) is 0 Å². The number of tetrazole rings is 1. The number of aromatic nitrogens is 4. The highest BCUT2D eigenvalue weighted by molar-refractivity contribution is 5.35. The highest BCUT2D eigenvalue weighted by Crippen LogP contribution is 2.26. The quantitative estimate of drug-likeness (QED) is 0.878. The van der Waals surface area contributed by atoms with Gasteiger partial charge in [-0.2, -0.15) is 4.80 Å². The predicted octanol–water partition coefficient (Wildman–Crippen LogP) is 0.981. The van der Waals surface area contributed by atoms with Crippen molar-refractivity contribution in [2.45, 2.75) is 19.6 Å². The van der Waals surface area contributed by atoms with Crippen molar-refractivity contribution in [2.24, 2.45) is 7.05 Å². The molecule has 0 amide bonds. The maximum absolute atomic E-state index is 13.1. The molecule has 0 aliphatic rings. The second kappa shape index (κ2) is 5.09. The van der Waals surface area contributed by atoms with E-state index in [1.165, 1.54) is 23.0 Å². The van der Waals surface area contributed by atoms with Crippen molar-refractivity contribution in [3.05, 3.63) is 35.4 Å².